The van der Waals surface area contributed by atoms with Crippen molar-refractivity contribution in [2.45, 2.75) is 46.6 Å². The van der Waals surface area contributed by atoms with Crippen LogP contribution >= 0.6 is 0 Å². The van der Waals surface area contributed by atoms with Gasteiger partial charge < -0.3 is 5.11 Å². The second kappa shape index (κ2) is 6.82. The van der Waals surface area contributed by atoms with Crippen molar-refractivity contribution in [1.82, 2.24) is 4.90 Å². The average Bonchev–Trinajstić information content (AvgIpc) is 2.03. The first-order valence-corrected chi connectivity index (χ1v) is 5.51. The molecule has 0 rings (SSSR count). The summed E-state index contributed by atoms with van der Waals surface area (Å²) in [6, 6.07) is -0.324. The zero-order valence-corrected chi connectivity index (χ0v) is 9.79. The SMILES string of the molecule is CCCN(CCC)[C@H](C(=O)O)C(C)C. The molecule has 0 bridgehead atoms. The Kier molecular flexibility index (Phi) is 6.54. The fraction of sp³-hybridized carbons (Fsp3) is 0.909. The highest BCUT2D eigenvalue weighted by Gasteiger charge is 2.27. The smallest absolute Gasteiger partial charge is 0.321 e. The van der Waals surface area contributed by atoms with E-state index in [1.807, 2.05) is 13.8 Å². The van der Waals surface area contributed by atoms with E-state index in [0.717, 1.165) is 25.9 Å². The van der Waals surface area contributed by atoms with Crippen molar-refractivity contribution >= 4 is 5.97 Å². The third-order valence-corrected chi connectivity index (χ3v) is 2.30. The molecule has 0 aliphatic rings. The number of hydrogen-bond acceptors (Lipinski definition) is 2. The molecule has 0 fully saturated rings. The molecule has 0 aromatic rings. The number of carboxylic acids is 1. The maximum absolute atomic E-state index is 11.1. The van der Waals surface area contributed by atoms with Crippen LogP contribution in [0.25, 0.3) is 0 Å². The maximum Gasteiger partial charge on any atom is 0.321 e. The minimum Gasteiger partial charge on any atom is -0.480 e. The van der Waals surface area contributed by atoms with Gasteiger partial charge in [-0.05, 0) is 31.8 Å². The normalized spacial score (nSPS) is 13.6. The number of carboxylic acid groups (broad SMARTS) is 1. The zero-order valence-electron chi connectivity index (χ0n) is 9.79. The van der Waals surface area contributed by atoms with E-state index in [-0.39, 0.29) is 12.0 Å². The molecule has 0 unspecified atom stereocenters. The van der Waals surface area contributed by atoms with Crippen molar-refractivity contribution < 1.29 is 9.90 Å². The van der Waals surface area contributed by atoms with E-state index in [1.165, 1.54) is 0 Å². The van der Waals surface area contributed by atoms with Crippen molar-refractivity contribution in [2.75, 3.05) is 13.1 Å². The van der Waals surface area contributed by atoms with Gasteiger partial charge in [0.15, 0.2) is 0 Å². The molecule has 0 amide bonds. The van der Waals surface area contributed by atoms with E-state index in [4.69, 9.17) is 5.11 Å². The van der Waals surface area contributed by atoms with E-state index in [1.54, 1.807) is 0 Å². The Morgan fingerprint density at radius 2 is 1.64 bits per heavy atom. The minimum absolute atomic E-state index is 0.172. The van der Waals surface area contributed by atoms with Gasteiger partial charge >= 0.3 is 5.97 Å². The van der Waals surface area contributed by atoms with E-state index >= 15 is 0 Å². The molecular weight excluding hydrogens is 178 g/mol. The summed E-state index contributed by atoms with van der Waals surface area (Å²) < 4.78 is 0. The fourth-order valence-corrected chi connectivity index (χ4v) is 1.83. The Bertz CT molecular complexity index is 163. The summed E-state index contributed by atoms with van der Waals surface area (Å²) in [5.41, 5.74) is 0. The van der Waals surface area contributed by atoms with Crippen LogP contribution in [0.3, 0.4) is 0 Å². The predicted molar refractivity (Wildman–Crippen MR) is 58.4 cm³/mol. The van der Waals surface area contributed by atoms with Crippen molar-refractivity contribution in [2.24, 2.45) is 5.92 Å². The summed E-state index contributed by atoms with van der Waals surface area (Å²) >= 11 is 0. The largest absolute Gasteiger partial charge is 0.480 e. The molecule has 0 aliphatic carbocycles. The van der Waals surface area contributed by atoms with Crippen LogP contribution in [0.15, 0.2) is 0 Å². The van der Waals surface area contributed by atoms with E-state index in [0.29, 0.717) is 0 Å². The molecule has 0 radical (unpaired) electrons. The third kappa shape index (κ3) is 4.09. The summed E-state index contributed by atoms with van der Waals surface area (Å²) in [5, 5.41) is 9.13. The summed E-state index contributed by atoms with van der Waals surface area (Å²) in [6.45, 7) is 9.87. The lowest BCUT2D eigenvalue weighted by Crippen LogP contribution is -2.45. The van der Waals surface area contributed by atoms with E-state index in [2.05, 4.69) is 18.7 Å². The first-order chi connectivity index (χ1) is 6.54. The molecular formula is C11H23NO2. The van der Waals surface area contributed by atoms with Gasteiger partial charge in [0.25, 0.3) is 0 Å². The van der Waals surface area contributed by atoms with Gasteiger partial charge in [-0.2, -0.15) is 0 Å². The van der Waals surface area contributed by atoms with Gasteiger partial charge in [-0.1, -0.05) is 27.7 Å². The topological polar surface area (TPSA) is 40.5 Å². The Morgan fingerprint density at radius 3 is 1.86 bits per heavy atom. The van der Waals surface area contributed by atoms with Gasteiger partial charge in [0.1, 0.15) is 6.04 Å². The van der Waals surface area contributed by atoms with Gasteiger partial charge in [-0.3, -0.25) is 9.69 Å². The Balaban J connectivity index is 4.46. The predicted octanol–water partition coefficient (Wildman–Crippen LogP) is 2.22. The van der Waals surface area contributed by atoms with Crippen LogP contribution < -0.4 is 0 Å². The molecule has 3 nitrogen and oxygen atoms in total. The number of aliphatic carboxylic acids is 1. The van der Waals surface area contributed by atoms with Crippen LogP contribution in [-0.2, 0) is 4.79 Å². The summed E-state index contributed by atoms with van der Waals surface area (Å²) in [6.07, 6.45) is 2.02. The third-order valence-electron chi connectivity index (χ3n) is 2.30. The lowest BCUT2D eigenvalue weighted by molar-refractivity contribution is -0.145. The summed E-state index contributed by atoms with van der Waals surface area (Å²) in [4.78, 5) is 13.2. The molecule has 0 saturated carbocycles. The minimum atomic E-state index is -0.693. The summed E-state index contributed by atoms with van der Waals surface area (Å²) in [7, 11) is 0. The van der Waals surface area contributed by atoms with Crippen LogP contribution in [0.2, 0.25) is 0 Å². The monoisotopic (exact) mass is 201 g/mol. The highest BCUT2D eigenvalue weighted by molar-refractivity contribution is 5.73. The lowest BCUT2D eigenvalue weighted by Gasteiger charge is -2.30. The highest BCUT2D eigenvalue weighted by atomic mass is 16.4. The fourth-order valence-electron chi connectivity index (χ4n) is 1.83. The second-order valence-electron chi connectivity index (χ2n) is 4.06. The molecule has 3 heteroatoms. The van der Waals surface area contributed by atoms with Crippen LogP contribution in [0.1, 0.15) is 40.5 Å². The van der Waals surface area contributed by atoms with Crippen molar-refractivity contribution in [3.05, 3.63) is 0 Å². The van der Waals surface area contributed by atoms with Crippen molar-refractivity contribution in [1.29, 1.82) is 0 Å². The number of hydrogen-bond donors (Lipinski definition) is 1. The van der Waals surface area contributed by atoms with E-state index < -0.39 is 5.97 Å². The molecule has 0 spiro atoms. The van der Waals surface area contributed by atoms with Crippen molar-refractivity contribution in [3.63, 3.8) is 0 Å². The molecule has 0 aliphatic heterocycles. The molecule has 1 N–H and O–H groups in total. The second-order valence-corrected chi connectivity index (χ2v) is 4.06. The first-order valence-electron chi connectivity index (χ1n) is 5.51. The zero-order chi connectivity index (χ0) is 11.1. The number of rotatable bonds is 7. The van der Waals surface area contributed by atoms with Gasteiger partial charge in [0, 0.05) is 0 Å². The lowest BCUT2D eigenvalue weighted by atomic mass is 10.0. The van der Waals surface area contributed by atoms with Gasteiger partial charge in [0.2, 0.25) is 0 Å². The van der Waals surface area contributed by atoms with Crippen LogP contribution in [0.4, 0.5) is 0 Å². The quantitative estimate of drug-likeness (QED) is 0.686. The van der Waals surface area contributed by atoms with Gasteiger partial charge in [-0.25, -0.2) is 0 Å². The highest BCUT2D eigenvalue weighted by Crippen LogP contribution is 2.12. The summed E-state index contributed by atoms with van der Waals surface area (Å²) in [5.74, 6) is -0.521. The van der Waals surface area contributed by atoms with Gasteiger partial charge in [0.05, 0.1) is 0 Å². The molecule has 1 atom stereocenters. The van der Waals surface area contributed by atoms with E-state index in [9.17, 15) is 4.79 Å². The van der Waals surface area contributed by atoms with Crippen LogP contribution in [0, 0.1) is 5.92 Å². The molecule has 0 heterocycles. The Hall–Kier alpha value is -0.570. The molecule has 0 aromatic carbocycles. The van der Waals surface area contributed by atoms with Crippen LogP contribution in [0.5, 0.6) is 0 Å². The van der Waals surface area contributed by atoms with Crippen molar-refractivity contribution in [3.8, 4) is 0 Å². The van der Waals surface area contributed by atoms with Gasteiger partial charge in [-0.15, -0.1) is 0 Å². The standard InChI is InChI=1S/C11H23NO2/c1-5-7-12(8-6-2)10(9(3)4)11(13)14/h9-10H,5-8H2,1-4H3,(H,13,14)/t10-/m0/s1. The average molecular weight is 201 g/mol. The molecule has 0 aromatic heterocycles. The number of carbonyl (C=O) groups is 1. The molecule has 84 valence electrons. The van der Waals surface area contributed by atoms with Crippen LogP contribution in [-0.4, -0.2) is 35.1 Å². The number of nitrogens with zero attached hydrogens (tertiary/aromatic N) is 1. The Morgan fingerprint density at radius 1 is 1.21 bits per heavy atom. The molecule has 0 saturated heterocycles. The maximum atomic E-state index is 11.1. The Labute approximate surface area is 87.1 Å². The molecule has 14 heavy (non-hydrogen) atoms. The first kappa shape index (κ1) is 13.4.